The maximum Gasteiger partial charge on any atom is 0.417 e. The molecule has 2 aromatic rings. The number of nitrogens with zero attached hydrogens (tertiary/aromatic N) is 2. The van der Waals surface area contributed by atoms with E-state index < -0.39 is 17.8 Å². The van der Waals surface area contributed by atoms with Crippen LogP contribution in [0.1, 0.15) is 41.9 Å². The molecule has 1 amide bonds. The number of alkyl halides is 3. The molecule has 3 aliphatic heterocycles. The molecule has 0 aromatic heterocycles. The molecule has 170 valence electrons. The van der Waals surface area contributed by atoms with Crippen molar-refractivity contribution in [3.05, 3.63) is 47.0 Å². The molecule has 0 radical (unpaired) electrons. The van der Waals surface area contributed by atoms with Crippen LogP contribution in [0, 0.1) is 0 Å². The Kier molecular flexibility index (Phi) is 4.98. The maximum absolute atomic E-state index is 13.9. The second-order valence-corrected chi connectivity index (χ2v) is 8.82. The summed E-state index contributed by atoms with van der Waals surface area (Å²) in [5.41, 5.74) is 3.09. The number of halogens is 3. The van der Waals surface area contributed by atoms with Crippen molar-refractivity contribution in [2.45, 2.75) is 43.8 Å². The normalized spacial score (nSPS) is 22.2. The lowest BCUT2D eigenvalue weighted by atomic mass is 9.88. The number of amides is 1. The van der Waals surface area contributed by atoms with E-state index in [1.807, 2.05) is 12.1 Å². The van der Waals surface area contributed by atoms with Gasteiger partial charge in [-0.05, 0) is 72.2 Å². The topological polar surface area (TPSA) is 53.0 Å². The van der Waals surface area contributed by atoms with Crippen molar-refractivity contribution in [1.82, 2.24) is 4.90 Å². The Labute approximate surface area is 184 Å². The lowest BCUT2D eigenvalue weighted by Gasteiger charge is -2.33. The van der Waals surface area contributed by atoms with E-state index in [1.165, 1.54) is 18.1 Å². The van der Waals surface area contributed by atoms with E-state index in [9.17, 15) is 23.1 Å². The van der Waals surface area contributed by atoms with Crippen LogP contribution in [0.25, 0.3) is 11.1 Å². The minimum Gasteiger partial charge on any atom is -0.497 e. The van der Waals surface area contributed by atoms with Gasteiger partial charge in [-0.15, -0.1) is 0 Å². The minimum absolute atomic E-state index is 0.0343. The zero-order chi connectivity index (χ0) is 22.6. The Bertz CT molecular complexity index is 1070. The summed E-state index contributed by atoms with van der Waals surface area (Å²) in [5, 5.41) is 9.60. The van der Waals surface area contributed by atoms with Crippen LogP contribution in [0.15, 0.2) is 30.3 Å². The van der Waals surface area contributed by atoms with Crippen molar-refractivity contribution in [2.24, 2.45) is 0 Å². The zero-order valence-electron chi connectivity index (χ0n) is 17.8. The van der Waals surface area contributed by atoms with Gasteiger partial charge in [0, 0.05) is 37.3 Å². The molecule has 32 heavy (non-hydrogen) atoms. The number of anilines is 1. The second-order valence-electron chi connectivity index (χ2n) is 8.82. The molecule has 3 heterocycles. The number of benzene rings is 2. The van der Waals surface area contributed by atoms with Crippen molar-refractivity contribution in [1.29, 1.82) is 0 Å². The first-order valence-electron chi connectivity index (χ1n) is 10.9. The molecule has 1 N–H and O–H groups in total. The molecule has 2 atom stereocenters. The lowest BCUT2D eigenvalue weighted by Crippen LogP contribution is -2.39. The number of methoxy groups -OCH3 is 1. The average molecular weight is 446 g/mol. The summed E-state index contributed by atoms with van der Waals surface area (Å²) in [6.45, 7) is 1.78. The van der Waals surface area contributed by atoms with Crippen molar-refractivity contribution in [3.8, 4) is 16.9 Å². The zero-order valence-corrected chi connectivity index (χ0v) is 17.8. The lowest BCUT2D eigenvalue weighted by molar-refractivity contribution is -0.137. The number of hydrogen-bond acceptors (Lipinski definition) is 3. The van der Waals surface area contributed by atoms with Crippen LogP contribution in [-0.2, 0) is 12.6 Å². The van der Waals surface area contributed by atoms with Crippen LogP contribution in [0.4, 0.5) is 23.7 Å². The van der Waals surface area contributed by atoms with Gasteiger partial charge in [-0.1, -0.05) is 6.07 Å². The highest BCUT2D eigenvalue weighted by Crippen LogP contribution is 2.50. The molecule has 3 aliphatic rings. The fraction of sp³-hybridized carbons (Fsp3) is 0.458. The summed E-state index contributed by atoms with van der Waals surface area (Å²) in [5.74, 6) is 0.128. The summed E-state index contributed by atoms with van der Waals surface area (Å²) in [7, 11) is 1.35. The SMILES string of the molecule is COc1ccc(-c2cc3c4c(c2)C2CN(C(=O)O)CCCC2N4CCC3)c(C(F)(F)F)c1. The Morgan fingerprint density at radius 3 is 2.69 bits per heavy atom. The van der Waals surface area contributed by atoms with Gasteiger partial charge in [0.1, 0.15) is 5.75 Å². The van der Waals surface area contributed by atoms with E-state index in [4.69, 9.17) is 4.74 Å². The van der Waals surface area contributed by atoms with Gasteiger partial charge in [-0.25, -0.2) is 4.79 Å². The number of aryl methyl sites for hydroxylation is 1. The van der Waals surface area contributed by atoms with Crippen LogP contribution in [0.5, 0.6) is 5.75 Å². The van der Waals surface area contributed by atoms with Crippen molar-refractivity contribution in [2.75, 3.05) is 31.6 Å². The molecular weight excluding hydrogens is 421 g/mol. The molecule has 5 rings (SSSR count). The van der Waals surface area contributed by atoms with Gasteiger partial charge >= 0.3 is 12.3 Å². The molecule has 8 heteroatoms. The Balaban J connectivity index is 1.66. The van der Waals surface area contributed by atoms with E-state index >= 15 is 0 Å². The second kappa shape index (κ2) is 7.60. The third-order valence-corrected chi connectivity index (χ3v) is 7.07. The van der Waals surface area contributed by atoms with E-state index in [2.05, 4.69) is 4.90 Å². The van der Waals surface area contributed by atoms with E-state index in [-0.39, 0.29) is 23.3 Å². The maximum atomic E-state index is 13.9. The van der Waals surface area contributed by atoms with Gasteiger partial charge in [0.15, 0.2) is 0 Å². The van der Waals surface area contributed by atoms with E-state index in [1.54, 1.807) is 6.07 Å². The van der Waals surface area contributed by atoms with E-state index in [0.717, 1.165) is 55.1 Å². The fourth-order valence-corrected chi connectivity index (χ4v) is 5.71. The van der Waals surface area contributed by atoms with Crippen molar-refractivity contribution in [3.63, 3.8) is 0 Å². The predicted octanol–water partition coefficient (Wildman–Crippen LogP) is 5.37. The molecule has 0 aliphatic carbocycles. The Morgan fingerprint density at radius 2 is 1.97 bits per heavy atom. The molecule has 2 unspecified atom stereocenters. The Hall–Kier alpha value is -2.90. The van der Waals surface area contributed by atoms with Gasteiger partial charge in [0.2, 0.25) is 0 Å². The first kappa shape index (κ1) is 21.0. The number of ether oxygens (including phenoxy) is 1. The van der Waals surface area contributed by atoms with Gasteiger partial charge in [-0.3, -0.25) is 0 Å². The largest absolute Gasteiger partial charge is 0.497 e. The highest BCUT2D eigenvalue weighted by Gasteiger charge is 2.44. The quantitative estimate of drug-likeness (QED) is 0.674. The van der Waals surface area contributed by atoms with Gasteiger partial charge < -0.3 is 19.6 Å². The molecule has 0 saturated carbocycles. The third-order valence-electron chi connectivity index (χ3n) is 7.07. The average Bonchev–Trinajstić information content (AvgIpc) is 2.92. The number of hydrogen-bond donors (Lipinski definition) is 1. The number of likely N-dealkylation sites (tertiary alicyclic amines) is 1. The van der Waals surface area contributed by atoms with Crippen molar-refractivity contribution < 1.29 is 27.8 Å². The van der Waals surface area contributed by atoms with Crippen LogP contribution in [0.2, 0.25) is 0 Å². The van der Waals surface area contributed by atoms with Crippen LogP contribution in [0.3, 0.4) is 0 Å². The van der Waals surface area contributed by atoms with Gasteiger partial charge in [0.05, 0.1) is 12.7 Å². The molecule has 2 aromatic carbocycles. The first-order valence-corrected chi connectivity index (χ1v) is 10.9. The smallest absolute Gasteiger partial charge is 0.417 e. The summed E-state index contributed by atoms with van der Waals surface area (Å²) < 4.78 is 46.8. The molecule has 0 bridgehead atoms. The number of rotatable bonds is 2. The highest BCUT2D eigenvalue weighted by atomic mass is 19.4. The first-order chi connectivity index (χ1) is 15.3. The fourth-order valence-electron chi connectivity index (χ4n) is 5.71. The summed E-state index contributed by atoms with van der Waals surface area (Å²) in [6, 6.07) is 8.02. The molecule has 1 saturated heterocycles. The molecular formula is C24H25F3N2O3. The molecule has 0 spiro atoms. The highest BCUT2D eigenvalue weighted by molar-refractivity contribution is 5.78. The van der Waals surface area contributed by atoms with E-state index in [0.29, 0.717) is 18.7 Å². The monoisotopic (exact) mass is 446 g/mol. The number of fused-ring (bicyclic) bond motifs is 3. The van der Waals surface area contributed by atoms with Crippen LogP contribution < -0.4 is 9.64 Å². The van der Waals surface area contributed by atoms with Gasteiger partial charge in [0.25, 0.3) is 0 Å². The summed E-state index contributed by atoms with van der Waals surface area (Å²) in [4.78, 5) is 15.6. The number of carboxylic acid groups (broad SMARTS) is 1. The Morgan fingerprint density at radius 1 is 1.16 bits per heavy atom. The molecule has 1 fully saturated rings. The molecule has 5 nitrogen and oxygen atoms in total. The standard InChI is InChI=1S/C24H25F3N2O3/c1-32-16-6-7-17(20(12-16)24(25,26)27)15-10-14-4-2-9-29-21-5-3-8-28(23(30)31)13-19(21)18(11-15)22(14)29/h6-7,10-12,19,21H,2-5,8-9,13H2,1H3,(H,30,31). The predicted molar refractivity (Wildman–Crippen MR) is 114 cm³/mol. The van der Waals surface area contributed by atoms with Crippen LogP contribution >= 0.6 is 0 Å². The summed E-state index contributed by atoms with van der Waals surface area (Å²) >= 11 is 0. The van der Waals surface area contributed by atoms with Gasteiger partial charge in [-0.2, -0.15) is 13.2 Å². The van der Waals surface area contributed by atoms with Crippen molar-refractivity contribution >= 4 is 11.8 Å². The number of carbonyl (C=O) groups is 1. The van der Waals surface area contributed by atoms with Crippen LogP contribution in [-0.4, -0.2) is 48.9 Å². The minimum atomic E-state index is -4.52. The third kappa shape index (κ3) is 3.36. The summed E-state index contributed by atoms with van der Waals surface area (Å²) in [6.07, 6.45) is -2.03.